The first-order chi connectivity index (χ1) is 8.19. The van der Waals surface area contributed by atoms with Gasteiger partial charge in [-0.15, -0.1) is 0 Å². The molecule has 1 aliphatic carbocycles. The molecule has 2 aliphatic rings. The third-order valence-corrected chi connectivity index (χ3v) is 3.77. The van der Waals surface area contributed by atoms with Crippen LogP contribution in [0.5, 0.6) is 0 Å². The smallest absolute Gasteiger partial charge is 0.376 e. The van der Waals surface area contributed by atoms with E-state index in [9.17, 15) is 5.02 Å². The Bertz CT molecular complexity index is 196. The Balaban J connectivity index is 0.000000239. The van der Waals surface area contributed by atoms with E-state index in [1.54, 1.807) is 0 Å². The van der Waals surface area contributed by atoms with Crippen LogP contribution in [0.3, 0.4) is 0 Å². The monoisotopic (exact) mass is 240 g/mol. The molecule has 0 aromatic carbocycles. The van der Waals surface area contributed by atoms with E-state index in [1.807, 2.05) is 6.82 Å². The van der Waals surface area contributed by atoms with Crippen molar-refractivity contribution >= 4 is 7.05 Å². The summed E-state index contributed by atoms with van der Waals surface area (Å²) in [5, 5.41) is 12.8. The highest BCUT2D eigenvalue weighted by atomic mass is 16.2. The molecule has 3 nitrogen and oxygen atoms in total. The Morgan fingerprint density at radius 1 is 1.35 bits per heavy atom. The molecule has 100 valence electrons. The zero-order valence-corrected chi connectivity index (χ0v) is 11.8. The van der Waals surface area contributed by atoms with Gasteiger partial charge < -0.3 is 15.2 Å². The highest BCUT2D eigenvalue weighted by Crippen LogP contribution is 2.31. The van der Waals surface area contributed by atoms with Gasteiger partial charge in [-0.2, -0.15) is 0 Å². The average Bonchev–Trinajstić information content (AvgIpc) is 3.14. The van der Waals surface area contributed by atoms with Crippen LogP contribution in [0, 0.1) is 5.92 Å². The van der Waals surface area contributed by atoms with E-state index in [0.717, 1.165) is 25.6 Å². The highest BCUT2D eigenvalue weighted by Gasteiger charge is 2.26. The van der Waals surface area contributed by atoms with E-state index >= 15 is 0 Å². The second kappa shape index (κ2) is 8.12. The number of hydrogen-bond acceptors (Lipinski definition) is 3. The molecule has 1 saturated heterocycles. The van der Waals surface area contributed by atoms with Crippen LogP contribution in [0.4, 0.5) is 0 Å². The molecule has 4 heteroatoms. The maximum absolute atomic E-state index is 9.47. The van der Waals surface area contributed by atoms with Crippen molar-refractivity contribution in [3.63, 3.8) is 0 Å². The van der Waals surface area contributed by atoms with E-state index in [2.05, 4.69) is 24.0 Å². The van der Waals surface area contributed by atoms with Gasteiger partial charge in [-0.3, -0.25) is 0 Å². The van der Waals surface area contributed by atoms with E-state index in [4.69, 9.17) is 0 Å². The Kier molecular flexibility index (Phi) is 7.16. The second-order valence-corrected chi connectivity index (χ2v) is 5.37. The molecule has 1 aliphatic heterocycles. The van der Waals surface area contributed by atoms with Gasteiger partial charge in [0.25, 0.3) is 0 Å². The fourth-order valence-electron chi connectivity index (χ4n) is 2.40. The van der Waals surface area contributed by atoms with Crippen LogP contribution in [0.1, 0.15) is 46.0 Å². The number of piperazine rings is 1. The fraction of sp³-hybridized carbons (Fsp3) is 1.00. The van der Waals surface area contributed by atoms with Crippen LogP contribution >= 0.6 is 0 Å². The van der Waals surface area contributed by atoms with Gasteiger partial charge in [-0.1, -0.05) is 39.5 Å². The van der Waals surface area contributed by atoms with Crippen LogP contribution in [0.15, 0.2) is 0 Å². The minimum atomic E-state index is -0.288. The minimum Gasteiger partial charge on any atom is -0.437 e. The molecular formula is C13H29BN2O. The summed E-state index contributed by atoms with van der Waals surface area (Å²) in [5.41, 5.74) is 0. The summed E-state index contributed by atoms with van der Waals surface area (Å²) in [6, 6.07) is 0.531. The molecule has 2 rings (SSSR count). The van der Waals surface area contributed by atoms with Gasteiger partial charge in [-0.25, -0.2) is 0 Å². The molecule has 0 radical (unpaired) electrons. The quantitative estimate of drug-likeness (QED) is 0.737. The summed E-state index contributed by atoms with van der Waals surface area (Å²) in [6.07, 6.45) is 6.81. The van der Waals surface area contributed by atoms with Crippen molar-refractivity contribution in [3.8, 4) is 0 Å². The SMILES string of the molecule is CCC1CC1.CCC[C@H]1CNCCN1B(C)O. The van der Waals surface area contributed by atoms with Crippen molar-refractivity contribution < 1.29 is 5.02 Å². The molecule has 0 amide bonds. The molecule has 1 atom stereocenters. The summed E-state index contributed by atoms with van der Waals surface area (Å²) < 4.78 is 0. The Morgan fingerprint density at radius 2 is 2.06 bits per heavy atom. The first-order valence-corrected chi connectivity index (χ1v) is 7.33. The average molecular weight is 240 g/mol. The standard InChI is InChI=1S/C8H19BN2O.C5H10/c1-3-4-8-7-10-5-6-11(8)9(2)12;1-2-5-3-4-5/h8,10,12H,3-7H2,1-2H3;5H,2-4H2,1H3/t8-;/m0./s1. The zero-order valence-electron chi connectivity index (χ0n) is 11.8. The Labute approximate surface area is 107 Å². The lowest BCUT2D eigenvalue weighted by Crippen LogP contribution is -2.56. The number of rotatable bonds is 4. The highest BCUT2D eigenvalue weighted by molar-refractivity contribution is 6.45. The van der Waals surface area contributed by atoms with Crippen LogP contribution in [0.25, 0.3) is 0 Å². The largest absolute Gasteiger partial charge is 0.437 e. The van der Waals surface area contributed by atoms with Gasteiger partial charge in [0.2, 0.25) is 0 Å². The summed E-state index contributed by atoms with van der Waals surface area (Å²) >= 11 is 0. The maximum atomic E-state index is 9.47. The van der Waals surface area contributed by atoms with Gasteiger partial charge in [0.15, 0.2) is 0 Å². The zero-order chi connectivity index (χ0) is 12.7. The van der Waals surface area contributed by atoms with Crippen molar-refractivity contribution in [3.05, 3.63) is 0 Å². The van der Waals surface area contributed by atoms with Gasteiger partial charge in [0.1, 0.15) is 0 Å². The van der Waals surface area contributed by atoms with Crippen LogP contribution in [-0.2, 0) is 0 Å². The summed E-state index contributed by atoms with van der Waals surface area (Å²) in [5.74, 6) is 1.13. The van der Waals surface area contributed by atoms with Crippen LogP contribution < -0.4 is 5.32 Å². The van der Waals surface area contributed by atoms with Crippen molar-refractivity contribution in [2.75, 3.05) is 19.6 Å². The summed E-state index contributed by atoms with van der Waals surface area (Å²) in [7, 11) is -0.288. The molecule has 0 spiro atoms. The third-order valence-electron chi connectivity index (χ3n) is 3.77. The fourth-order valence-corrected chi connectivity index (χ4v) is 2.40. The lowest BCUT2D eigenvalue weighted by Gasteiger charge is -2.36. The molecule has 0 bridgehead atoms. The number of nitrogens with one attached hydrogen (secondary N) is 1. The second-order valence-electron chi connectivity index (χ2n) is 5.37. The molecule has 1 saturated carbocycles. The molecule has 2 fully saturated rings. The van der Waals surface area contributed by atoms with Crippen LogP contribution in [0.2, 0.25) is 6.82 Å². The number of hydrogen-bond donors (Lipinski definition) is 2. The molecule has 1 heterocycles. The summed E-state index contributed by atoms with van der Waals surface area (Å²) in [4.78, 5) is 2.18. The molecule has 0 unspecified atom stereocenters. The normalized spacial score (nSPS) is 25.1. The molecule has 0 aromatic heterocycles. The van der Waals surface area contributed by atoms with Crippen LogP contribution in [-0.4, -0.2) is 42.6 Å². The van der Waals surface area contributed by atoms with E-state index in [1.165, 1.54) is 32.1 Å². The Morgan fingerprint density at radius 3 is 2.47 bits per heavy atom. The van der Waals surface area contributed by atoms with Crippen molar-refractivity contribution in [2.45, 2.75) is 58.8 Å². The van der Waals surface area contributed by atoms with Gasteiger partial charge in [-0.05, 0) is 19.2 Å². The Hall–Kier alpha value is -0.0551. The third kappa shape index (κ3) is 5.89. The van der Waals surface area contributed by atoms with E-state index in [0.29, 0.717) is 6.04 Å². The molecule has 17 heavy (non-hydrogen) atoms. The number of nitrogens with zero attached hydrogens (tertiary/aromatic N) is 1. The first kappa shape index (κ1) is 15.0. The molecular weight excluding hydrogens is 211 g/mol. The lowest BCUT2D eigenvalue weighted by molar-refractivity contribution is 0.227. The van der Waals surface area contributed by atoms with Gasteiger partial charge in [0, 0.05) is 25.7 Å². The van der Waals surface area contributed by atoms with Crippen molar-refractivity contribution in [2.24, 2.45) is 5.92 Å². The first-order valence-electron chi connectivity index (χ1n) is 7.33. The van der Waals surface area contributed by atoms with Gasteiger partial charge in [0.05, 0.1) is 0 Å². The van der Waals surface area contributed by atoms with E-state index < -0.39 is 0 Å². The topological polar surface area (TPSA) is 35.5 Å². The van der Waals surface area contributed by atoms with E-state index in [-0.39, 0.29) is 7.05 Å². The summed E-state index contributed by atoms with van der Waals surface area (Å²) in [6.45, 7) is 9.31. The lowest BCUT2D eigenvalue weighted by atomic mass is 9.81. The predicted molar refractivity (Wildman–Crippen MR) is 75.1 cm³/mol. The molecule has 2 N–H and O–H groups in total. The minimum absolute atomic E-state index is 0.288. The van der Waals surface area contributed by atoms with Crippen molar-refractivity contribution in [1.82, 2.24) is 10.1 Å². The molecule has 0 aromatic rings. The van der Waals surface area contributed by atoms with Crippen molar-refractivity contribution in [1.29, 1.82) is 0 Å². The predicted octanol–water partition coefficient (Wildman–Crippen LogP) is 1.98. The van der Waals surface area contributed by atoms with Gasteiger partial charge >= 0.3 is 7.05 Å². The maximum Gasteiger partial charge on any atom is 0.376 e.